The zero-order valence-electron chi connectivity index (χ0n) is 18.8. The number of hydrogen-bond donors (Lipinski definition) is 2. The first kappa shape index (κ1) is 21.3. The molecule has 1 heterocycles. The van der Waals surface area contributed by atoms with Crippen molar-refractivity contribution in [3.8, 4) is 5.75 Å². The van der Waals surface area contributed by atoms with Crippen LogP contribution in [0.5, 0.6) is 5.75 Å². The molecule has 2 N–H and O–H groups in total. The van der Waals surface area contributed by atoms with Gasteiger partial charge >= 0.3 is 5.97 Å². The number of rotatable bonds is 9. The van der Waals surface area contributed by atoms with E-state index >= 15 is 0 Å². The predicted octanol–water partition coefficient (Wildman–Crippen LogP) is 5.48. The van der Waals surface area contributed by atoms with Gasteiger partial charge in [0.1, 0.15) is 5.75 Å². The van der Waals surface area contributed by atoms with Gasteiger partial charge in [0, 0.05) is 37.1 Å². The second-order valence-electron chi connectivity index (χ2n) is 9.03. The Kier molecular flexibility index (Phi) is 5.90. The topological polar surface area (TPSA) is 74.7 Å². The van der Waals surface area contributed by atoms with Gasteiger partial charge in [-0.25, -0.2) is 4.79 Å². The lowest BCUT2D eigenvalue weighted by Gasteiger charge is -2.21. The first-order valence-electron chi connectivity index (χ1n) is 11.6. The third-order valence-electron chi connectivity index (χ3n) is 6.71. The third-order valence-corrected chi connectivity index (χ3v) is 6.71. The van der Waals surface area contributed by atoms with E-state index < -0.39 is 5.97 Å². The van der Waals surface area contributed by atoms with E-state index in [4.69, 9.17) is 4.74 Å². The number of carboxylic acids is 1. The molecule has 6 nitrogen and oxygen atoms in total. The van der Waals surface area contributed by atoms with Gasteiger partial charge in [0.05, 0.1) is 24.1 Å². The lowest BCUT2D eigenvalue weighted by atomic mass is 10.0. The van der Waals surface area contributed by atoms with Gasteiger partial charge in [-0.05, 0) is 85.2 Å². The van der Waals surface area contributed by atoms with Crippen LogP contribution in [0.15, 0.2) is 60.9 Å². The van der Waals surface area contributed by atoms with Crippen LogP contribution < -0.4 is 15.0 Å². The lowest BCUT2D eigenvalue weighted by molar-refractivity contribution is 0.0697. The number of nitrogens with zero attached hydrogens (tertiary/aromatic N) is 2. The van der Waals surface area contributed by atoms with Crippen molar-refractivity contribution in [1.29, 1.82) is 0 Å². The van der Waals surface area contributed by atoms with Crippen molar-refractivity contribution >= 4 is 23.0 Å². The van der Waals surface area contributed by atoms with E-state index in [-0.39, 0.29) is 5.56 Å². The standard InChI is InChI=1S/C27H29N3O3/c1-30(21-6-9-23(10-7-21)33-17-18-2-3-18)22-8-11-24-19(14-22)4-5-20(24)15-29-26-16-28-13-12-25(26)27(31)32/h6-14,16,18,20,29H,2-5,15,17H2,1H3,(H,31,32)/t20-/m0/s1. The minimum Gasteiger partial charge on any atom is -0.493 e. The number of anilines is 3. The zero-order valence-corrected chi connectivity index (χ0v) is 18.8. The van der Waals surface area contributed by atoms with Crippen molar-refractivity contribution in [2.24, 2.45) is 5.92 Å². The molecular weight excluding hydrogens is 414 g/mol. The summed E-state index contributed by atoms with van der Waals surface area (Å²) in [5.74, 6) is 1.09. The summed E-state index contributed by atoms with van der Waals surface area (Å²) in [6.45, 7) is 1.52. The summed E-state index contributed by atoms with van der Waals surface area (Å²) in [4.78, 5) is 17.7. The van der Waals surface area contributed by atoms with Crippen LogP contribution in [0.1, 0.15) is 46.7 Å². The second-order valence-corrected chi connectivity index (χ2v) is 9.03. The van der Waals surface area contributed by atoms with Gasteiger partial charge in [-0.15, -0.1) is 0 Å². The second kappa shape index (κ2) is 9.14. The molecule has 1 atom stereocenters. The van der Waals surface area contributed by atoms with Crippen molar-refractivity contribution < 1.29 is 14.6 Å². The van der Waals surface area contributed by atoms with E-state index in [9.17, 15) is 9.90 Å². The lowest BCUT2D eigenvalue weighted by Crippen LogP contribution is -2.13. The van der Waals surface area contributed by atoms with Gasteiger partial charge in [0.2, 0.25) is 0 Å². The average molecular weight is 444 g/mol. The molecule has 1 saturated carbocycles. The molecule has 0 bridgehead atoms. The number of carboxylic acid groups (broad SMARTS) is 1. The zero-order chi connectivity index (χ0) is 22.8. The normalized spacial score (nSPS) is 16.8. The van der Waals surface area contributed by atoms with Crippen LogP contribution in [0.25, 0.3) is 0 Å². The monoisotopic (exact) mass is 443 g/mol. The van der Waals surface area contributed by atoms with E-state index in [1.54, 1.807) is 6.20 Å². The van der Waals surface area contributed by atoms with Gasteiger partial charge in [0.15, 0.2) is 0 Å². The number of ether oxygens (including phenoxy) is 1. The number of carbonyl (C=O) groups is 1. The smallest absolute Gasteiger partial charge is 0.337 e. The fourth-order valence-corrected chi connectivity index (χ4v) is 4.48. The van der Waals surface area contributed by atoms with Crippen molar-refractivity contribution in [3.63, 3.8) is 0 Å². The van der Waals surface area contributed by atoms with Gasteiger partial charge in [0.25, 0.3) is 0 Å². The van der Waals surface area contributed by atoms with Crippen LogP contribution in [-0.2, 0) is 6.42 Å². The Hall–Kier alpha value is -3.54. The first-order chi connectivity index (χ1) is 16.1. The molecule has 0 radical (unpaired) electrons. The molecular formula is C27H29N3O3. The number of aromatic nitrogens is 1. The molecule has 0 unspecified atom stereocenters. The Morgan fingerprint density at radius 2 is 1.91 bits per heavy atom. The summed E-state index contributed by atoms with van der Waals surface area (Å²) in [5.41, 5.74) is 5.81. The molecule has 3 aromatic rings. The highest BCUT2D eigenvalue weighted by Crippen LogP contribution is 2.37. The summed E-state index contributed by atoms with van der Waals surface area (Å²) in [5, 5.41) is 12.7. The van der Waals surface area contributed by atoms with Crippen LogP contribution in [0.4, 0.5) is 17.1 Å². The predicted molar refractivity (Wildman–Crippen MR) is 130 cm³/mol. The van der Waals surface area contributed by atoms with Gasteiger partial charge < -0.3 is 20.1 Å². The van der Waals surface area contributed by atoms with Gasteiger partial charge in [-0.2, -0.15) is 0 Å². The highest BCUT2D eigenvalue weighted by atomic mass is 16.5. The maximum absolute atomic E-state index is 11.4. The molecule has 1 aromatic heterocycles. The van der Waals surface area contributed by atoms with Crippen LogP contribution in [-0.4, -0.2) is 36.3 Å². The number of benzene rings is 2. The molecule has 2 aromatic carbocycles. The Morgan fingerprint density at radius 1 is 1.12 bits per heavy atom. The minimum atomic E-state index is -0.943. The summed E-state index contributed by atoms with van der Waals surface area (Å²) in [6.07, 6.45) is 7.75. The van der Waals surface area contributed by atoms with Crippen LogP contribution in [0.3, 0.4) is 0 Å². The van der Waals surface area contributed by atoms with E-state index in [0.717, 1.165) is 42.5 Å². The molecule has 33 heavy (non-hydrogen) atoms. The summed E-state index contributed by atoms with van der Waals surface area (Å²) < 4.78 is 5.86. The van der Waals surface area contributed by atoms with Crippen molar-refractivity contribution in [3.05, 3.63) is 77.6 Å². The van der Waals surface area contributed by atoms with Gasteiger partial charge in [-0.3, -0.25) is 4.98 Å². The number of hydrogen-bond acceptors (Lipinski definition) is 5. The van der Waals surface area contributed by atoms with E-state index in [1.165, 1.54) is 36.2 Å². The number of nitrogens with one attached hydrogen (secondary N) is 1. The van der Waals surface area contributed by atoms with E-state index in [1.807, 2.05) is 12.1 Å². The molecule has 2 aliphatic rings. The Bertz CT molecular complexity index is 1140. The molecule has 1 fully saturated rings. The summed E-state index contributed by atoms with van der Waals surface area (Å²) >= 11 is 0. The van der Waals surface area contributed by atoms with E-state index in [0.29, 0.717) is 18.2 Å². The fourth-order valence-electron chi connectivity index (χ4n) is 4.48. The summed E-state index contributed by atoms with van der Waals surface area (Å²) in [6, 6.07) is 16.5. The Morgan fingerprint density at radius 3 is 2.67 bits per heavy atom. The highest BCUT2D eigenvalue weighted by molar-refractivity contribution is 5.93. The molecule has 0 saturated heterocycles. The molecule has 0 spiro atoms. The number of aromatic carboxylic acids is 1. The van der Waals surface area contributed by atoms with Crippen molar-refractivity contribution in [2.75, 3.05) is 30.4 Å². The molecule has 0 aliphatic heterocycles. The number of aryl methyl sites for hydroxylation is 1. The van der Waals surface area contributed by atoms with Crippen LogP contribution in [0.2, 0.25) is 0 Å². The Labute approximate surface area is 194 Å². The number of fused-ring (bicyclic) bond motifs is 1. The third kappa shape index (κ3) is 4.80. The fraction of sp³-hybridized carbons (Fsp3) is 0.333. The quantitative estimate of drug-likeness (QED) is 0.456. The maximum Gasteiger partial charge on any atom is 0.337 e. The van der Waals surface area contributed by atoms with E-state index in [2.05, 4.69) is 52.6 Å². The largest absolute Gasteiger partial charge is 0.493 e. The van der Waals surface area contributed by atoms with Crippen molar-refractivity contribution in [1.82, 2.24) is 4.98 Å². The maximum atomic E-state index is 11.4. The van der Waals surface area contributed by atoms with Crippen LogP contribution in [0, 0.1) is 5.92 Å². The molecule has 0 amide bonds. The Balaban J connectivity index is 1.24. The first-order valence-corrected chi connectivity index (χ1v) is 11.6. The average Bonchev–Trinajstić information content (AvgIpc) is 3.59. The number of pyridine rings is 1. The van der Waals surface area contributed by atoms with Crippen LogP contribution >= 0.6 is 0 Å². The summed E-state index contributed by atoms with van der Waals surface area (Å²) in [7, 11) is 2.09. The minimum absolute atomic E-state index is 0.254. The SMILES string of the molecule is CN(c1ccc(OCC2CC2)cc1)c1ccc2c(c1)CC[C@H]2CNc1cnccc1C(=O)O. The van der Waals surface area contributed by atoms with Gasteiger partial charge in [-0.1, -0.05) is 6.07 Å². The highest BCUT2D eigenvalue weighted by Gasteiger charge is 2.24. The molecule has 2 aliphatic carbocycles. The molecule has 6 heteroatoms. The molecule has 170 valence electrons. The molecule has 5 rings (SSSR count). The van der Waals surface area contributed by atoms with Crippen molar-refractivity contribution in [2.45, 2.75) is 31.6 Å².